The molecule has 28 heavy (non-hydrogen) atoms. The van der Waals surface area contributed by atoms with Crippen LogP contribution >= 0.6 is 0 Å². The van der Waals surface area contributed by atoms with Crippen molar-refractivity contribution in [3.8, 4) is 0 Å². The van der Waals surface area contributed by atoms with Gasteiger partial charge in [0.1, 0.15) is 11.5 Å². The third kappa shape index (κ3) is 5.54. The lowest BCUT2D eigenvalue weighted by atomic mass is 10.1. The molecule has 0 atom stereocenters. The normalized spacial score (nSPS) is 10.4. The molecule has 1 aromatic heterocycles. The van der Waals surface area contributed by atoms with Gasteiger partial charge in [0.15, 0.2) is 0 Å². The lowest BCUT2D eigenvalue weighted by Gasteiger charge is -2.13. The summed E-state index contributed by atoms with van der Waals surface area (Å²) in [6.07, 6.45) is 5.08. The van der Waals surface area contributed by atoms with Gasteiger partial charge in [0.05, 0.1) is 12.4 Å². The van der Waals surface area contributed by atoms with E-state index in [2.05, 4.69) is 44.9 Å². The van der Waals surface area contributed by atoms with E-state index in [1.54, 1.807) is 6.20 Å². The fourth-order valence-electron chi connectivity index (χ4n) is 2.73. The summed E-state index contributed by atoms with van der Waals surface area (Å²) in [5, 5.41) is 6.07. The molecule has 3 aromatic rings. The summed E-state index contributed by atoms with van der Waals surface area (Å²) in [6, 6.07) is 18.0. The second-order valence-electron chi connectivity index (χ2n) is 6.70. The minimum atomic E-state index is -0.277. The molecule has 1 heterocycles. The third-order valence-corrected chi connectivity index (χ3v) is 4.32. The van der Waals surface area contributed by atoms with Gasteiger partial charge in [-0.25, -0.2) is 9.97 Å². The Morgan fingerprint density at radius 3 is 2.36 bits per heavy atom. The molecule has 0 aliphatic carbocycles. The standard InChI is InChI=1S/C22H25N5O/c1-27(2)19-12-10-18(11-13-19)26-22(28)20-15-25-21(16-24-20)23-14-6-9-17-7-4-3-5-8-17/h3-5,7-8,10-13,15-16H,6,9,14H2,1-2H3,(H,23,25)(H,26,28). The number of hydrogen-bond donors (Lipinski definition) is 2. The number of rotatable bonds is 8. The molecule has 144 valence electrons. The number of carbonyl (C=O) groups excluding carboxylic acids is 1. The fraction of sp³-hybridized carbons (Fsp3) is 0.227. The summed E-state index contributed by atoms with van der Waals surface area (Å²) in [5.74, 6) is 0.390. The van der Waals surface area contributed by atoms with Crippen molar-refractivity contribution in [1.82, 2.24) is 9.97 Å². The van der Waals surface area contributed by atoms with Crippen LogP contribution in [0.5, 0.6) is 0 Å². The molecule has 1 amide bonds. The van der Waals surface area contributed by atoms with E-state index in [9.17, 15) is 4.79 Å². The van der Waals surface area contributed by atoms with Crippen LogP contribution < -0.4 is 15.5 Å². The lowest BCUT2D eigenvalue weighted by Crippen LogP contribution is -2.15. The van der Waals surface area contributed by atoms with Crippen LogP contribution in [0.4, 0.5) is 17.2 Å². The summed E-state index contributed by atoms with van der Waals surface area (Å²) in [7, 11) is 3.95. The molecule has 0 aliphatic heterocycles. The van der Waals surface area contributed by atoms with Crippen molar-refractivity contribution < 1.29 is 4.79 Å². The molecule has 2 aromatic carbocycles. The number of nitrogens with one attached hydrogen (secondary N) is 2. The van der Waals surface area contributed by atoms with Crippen molar-refractivity contribution in [2.24, 2.45) is 0 Å². The Balaban J connectivity index is 1.47. The van der Waals surface area contributed by atoms with Gasteiger partial charge in [-0.1, -0.05) is 30.3 Å². The Morgan fingerprint density at radius 1 is 0.964 bits per heavy atom. The quantitative estimate of drug-likeness (QED) is 0.586. The summed E-state index contributed by atoms with van der Waals surface area (Å²) in [5.41, 5.74) is 3.40. The lowest BCUT2D eigenvalue weighted by molar-refractivity contribution is 0.102. The van der Waals surface area contributed by atoms with Gasteiger partial charge in [-0.2, -0.15) is 0 Å². The van der Waals surface area contributed by atoms with Crippen LogP contribution in [0.15, 0.2) is 67.0 Å². The fourth-order valence-corrected chi connectivity index (χ4v) is 2.73. The monoisotopic (exact) mass is 375 g/mol. The number of amides is 1. The highest BCUT2D eigenvalue weighted by molar-refractivity contribution is 6.02. The number of anilines is 3. The third-order valence-electron chi connectivity index (χ3n) is 4.32. The Morgan fingerprint density at radius 2 is 1.71 bits per heavy atom. The summed E-state index contributed by atoms with van der Waals surface area (Å²) >= 11 is 0. The smallest absolute Gasteiger partial charge is 0.275 e. The van der Waals surface area contributed by atoms with Crippen molar-refractivity contribution in [3.63, 3.8) is 0 Å². The van der Waals surface area contributed by atoms with Crippen LogP contribution in [0.25, 0.3) is 0 Å². The minimum Gasteiger partial charge on any atom is -0.378 e. The average molecular weight is 375 g/mol. The number of nitrogens with zero attached hydrogens (tertiary/aromatic N) is 3. The predicted molar refractivity (Wildman–Crippen MR) is 114 cm³/mol. The largest absolute Gasteiger partial charge is 0.378 e. The Kier molecular flexibility index (Phi) is 6.57. The van der Waals surface area contributed by atoms with Crippen molar-refractivity contribution in [3.05, 3.63) is 78.2 Å². The first kappa shape index (κ1) is 19.4. The van der Waals surface area contributed by atoms with Crippen LogP contribution in [0, 0.1) is 0 Å². The summed E-state index contributed by atoms with van der Waals surface area (Å²) in [6.45, 7) is 0.799. The second kappa shape index (κ2) is 9.50. The second-order valence-corrected chi connectivity index (χ2v) is 6.70. The molecule has 0 fully saturated rings. The first-order chi connectivity index (χ1) is 13.6. The van der Waals surface area contributed by atoms with Gasteiger partial charge >= 0.3 is 0 Å². The predicted octanol–water partition coefficient (Wildman–Crippen LogP) is 3.84. The van der Waals surface area contributed by atoms with E-state index in [0.717, 1.165) is 30.8 Å². The maximum atomic E-state index is 12.3. The molecule has 0 saturated heterocycles. The van der Waals surface area contributed by atoms with Gasteiger partial charge in [-0.15, -0.1) is 0 Å². The van der Waals surface area contributed by atoms with Crippen LogP contribution in [0.2, 0.25) is 0 Å². The maximum Gasteiger partial charge on any atom is 0.275 e. The molecule has 2 N–H and O–H groups in total. The van der Waals surface area contributed by atoms with Gasteiger partial charge in [0.2, 0.25) is 0 Å². The maximum absolute atomic E-state index is 12.3. The highest BCUT2D eigenvalue weighted by Crippen LogP contribution is 2.16. The van der Waals surface area contributed by atoms with E-state index in [1.165, 1.54) is 11.8 Å². The Bertz CT molecular complexity index is 877. The molecular weight excluding hydrogens is 350 g/mol. The van der Waals surface area contributed by atoms with Gasteiger partial charge in [-0.3, -0.25) is 4.79 Å². The van der Waals surface area contributed by atoms with Crippen molar-refractivity contribution in [1.29, 1.82) is 0 Å². The van der Waals surface area contributed by atoms with Crippen LogP contribution in [0.1, 0.15) is 22.5 Å². The van der Waals surface area contributed by atoms with E-state index in [4.69, 9.17) is 0 Å². The van der Waals surface area contributed by atoms with Gasteiger partial charge in [0, 0.05) is 32.0 Å². The molecule has 0 saturated carbocycles. The van der Waals surface area contributed by atoms with Crippen molar-refractivity contribution in [2.75, 3.05) is 36.2 Å². The molecule has 0 aliphatic rings. The molecule has 0 radical (unpaired) electrons. The topological polar surface area (TPSA) is 70.2 Å². The number of aryl methyl sites for hydroxylation is 1. The van der Waals surface area contributed by atoms with Gasteiger partial charge < -0.3 is 15.5 Å². The van der Waals surface area contributed by atoms with Crippen LogP contribution in [-0.2, 0) is 6.42 Å². The molecule has 3 rings (SSSR count). The SMILES string of the molecule is CN(C)c1ccc(NC(=O)c2cnc(NCCCc3ccccc3)cn2)cc1. The zero-order valence-electron chi connectivity index (χ0n) is 16.2. The first-order valence-corrected chi connectivity index (χ1v) is 9.30. The van der Waals surface area contributed by atoms with Gasteiger partial charge in [-0.05, 0) is 42.7 Å². The molecule has 0 spiro atoms. The van der Waals surface area contributed by atoms with Crippen LogP contribution in [-0.4, -0.2) is 36.5 Å². The summed E-state index contributed by atoms with van der Waals surface area (Å²) < 4.78 is 0. The van der Waals surface area contributed by atoms with Crippen molar-refractivity contribution in [2.45, 2.75) is 12.8 Å². The zero-order valence-corrected chi connectivity index (χ0v) is 16.2. The van der Waals surface area contributed by atoms with Crippen LogP contribution in [0.3, 0.4) is 0 Å². The number of hydrogen-bond acceptors (Lipinski definition) is 5. The average Bonchev–Trinajstić information content (AvgIpc) is 2.73. The Labute approximate surface area is 165 Å². The summed E-state index contributed by atoms with van der Waals surface area (Å²) in [4.78, 5) is 22.8. The highest BCUT2D eigenvalue weighted by Gasteiger charge is 2.09. The van der Waals surface area contributed by atoms with E-state index < -0.39 is 0 Å². The molecular formula is C22H25N5O. The molecule has 0 bridgehead atoms. The number of carbonyl (C=O) groups is 1. The van der Waals surface area contributed by atoms with E-state index >= 15 is 0 Å². The zero-order chi connectivity index (χ0) is 19.8. The molecule has 6 heteroatoms. The van der Waals surface area contributed by atoms with E-state index in [1.807, 2.05) is 49.3 Å². The Hall–Kier alpha value is -3.41. The highest BCUT2D eigenvalue weighted by atomic mass is 16.1. The molecule has 6 nitrogen and oxygen atoms in total. The van der Waals surface area contributed by atoms with Crippen molar-refractivity contribution >= 4 is 23.1 Å². The first-order valence-electron chi connectivity index (χ1n) is 9.30. The van der Waals surface area contributed by atoms with E-state index in [0.29, 0.717) is 5.82 Å². The number of aromatic nitrogens is 2. The number of benzene rings is 2. The van der Waals surface area contributed by atoms with Gasteiger partial charge in [0.25, 0.3) is 5.91 Å². The van der Waals surface area contributed by atoms with E-state index in [-0.39, 0.29) is 11.6 Å². The minimum absolute atomic E-state index is 0.277. The molecule has 0 unspecified atom stereocenters.